The molecule has 0 amide bonds. The Balaban J connectivity index is 2.42. The Hall–Kier alpha value is 0.220. The topological polar surface area (TPSA) is 34.1 Å². The van der Waals surface area contributed by atoms with E-state index in [0.717, 1.165) is 8.42 Å². The number of carbonyl (C=O) groups is 1. The summed E-state index contributed by atoms with van der Waals surface area (Å²) >= 11 is 5.58. The average molecular weight is 264 g/mol. The highest BCUT2D eigenvalue weighted by Gasteiger charge is 2.29. The molecule has 0 radical (unpaired) electrons. The van der Waals surface area contributed by atoms with E-state index in [1.54, 1.807) is 0 Å². The third-order valence-corrected chi connectivity index (χ3v) is 7.10. The molecule has 0 bridgehead atoms. The van der Waals surface area contributed by atoms with E-state index in [1.165, 1.54) is 46.2 Å². The molecule has 1 aromatic heterocycles. The summed E-state index contributed by atoms with van der Waals surface area (Å²) in [5.41, 5.74) is 0. The number of rotatable bonds is 0. The van der Waals surface area contributed by atoms with Crippen molar-refractivity contribution >= 4 is 52.0 Å². The summed E-state index contributed by atoms with van der Waals surface area (Å²) in [7, 11) is 0. The maximum absolute atomic E-state index is 11.7. The standard InChI is InChI=1S/C8H8O2S4/c1-3-5(9)4(2)12-7-6(11-3)13-8(10)14-7/h3-4H,1-2H3. The molecule has 2 atom stereocenters. The third kappa shape index (κ3) is 1.93. The largest absolute Gasteiger partial charge is 0.297 e. The molecular formula is C8H8O2S4. The van der Waals surface area contributed by atoms with Gasteiger partial charge in [-0.05, 0) is 13.8 Å². The lowest BCUT2D eigenvalue weighted by Crippen LogP contribution is -2.21. The molecule has 1 aliphatic heterocycles. The van der Waals surface area contributed by atoms with Crippen LogP contribution in [0, 0.1) is 0 Å². The molecule has 2 heterocycles. The lowest BCUT2D eigenvalue weighted by atomic mass is 10.2. The van der Waals surface area contributed by atoms with Crippen molar-refractivity contribution in [2.45, 2.75) is 32.8 Å². The first-order valence-corrected chi connectivity index (χ1v) is 7.48. The van der Waals surface area contributed by atoms with Crippen LogP contribution in [0.15, 0.2) is 13.2 Å². The van der Waals surface area contributed by atoms with E-state index < -0.39 is 0 Å². The van der Waals surface area contributed by atoms with Gasteiger partial charge < -0.3 is 0 Å². The quantitative estimate of drug-likeness (QED) is 0.721. The number of fused-ring (bicyclic) bond motifs is 1. The van der Waals surface area contributed by atoms with Gasteiger partial charge >= 0.3 is 0 Å². The molecule has 2 rings (SSSR count). The van der Waals surface area contributed by atoms with Crippen molar-refractivity contribution < 1.29 is 4.79 Å². The van der Waals surface area contributed by atoms with Crippen molar-refractivity contribution in [1.82, 2.24) is 0 Å². The normalized spacial score (nSPS) is 27.1. The van der Waals surface area contributed by atoms with Gasteiger partial charge in [0.15, 0.2) is 5.78 Å². The number of hydrogen-bond acceptors (Lipinski definition) is 6. The maximum atomic E-state index is 11.7. The minimum absolute atomic E-state index is 0.0241. The van der Waals surface area contributed by atoms with E-state index in [9.17, 15) is 9.59 Å². The molecule has 2 unspecified atom stereocenters. The SMILES string of the molecule is CC1Sc2sc(=O)sc2SC(C)C1=O. The predicted molar refractivity (Wildman–Crippen MR) is 64.1 cm³/mol. The molecule has 2 nitrogen and oxygen atoms in total. The summed E-state index contributed by atoms with van der Waals surface area (Å²) in [4.78, 5) is 22.9. The lowest BCUT2D eigenvalue weighted by Gasteiger charge is -2.08. The van der Waals surface area contributed by atoms with E-state index in [1.807, 2.05) is 13.8 Å². The molecule has 6 heteroatoms. The van der Waals surface area contributed by atoms with Gasteiger partial charge in [0.05, 0.1) is 18.9 Å². The highest BCUT2D eigenvalue weighted by molar-refractivity contribution is 8.07. The molecule has 76 valence electrons. The number of thioether (sulfide) groups is 2. The Bertz CT molecular complexity index is 385. The lowest BCUT2D eigenvalue weighted by molar-refractivity contribution is -0.117. The average Bonchev–Trinajstić information content (AvgIpc) is 2.40. The molecule has 14 heavy (non-hydrogen) atoms. The van der Waals surface area contributed by atoms with Crippen LogP contribution in [-0.2, 0) is 4.79 Å². The molecule has 0 fully saturated rings. The summed E-state index contributed by atoms with van der Waals surface area (Å²) in [6, 6.07) is 0. The van der Waals surface area contributed by atoms with Crippen LogP contribution in [0.4, 0.5) is 0 Å². The van der Waals surface area contributed by atoms with E-state index >= 15 is 0 Å². The zero-order valence-electron chi connectivity index (χ0n) is 7.60. The number of ketones is 1. The van der Waals surface area contributed by atoms with Gasteiger partial charge in [-0.3, -0.25) is 9.59 Å². The summed E-state index contributed by atoms with van der Waals surface area (Å²) in [5.74, 6) is 0.267. The Kier molecular flexibility index (Phi) is 3.06. The fourth-order valence-corrected chi connectivity index (χ4v) is 6.96. The Labute approximate surface area is 98.1 Å². The first kappa shape index (κ1) is 10.7. The van der Waals surface area contributed by atoms with Gasteiger partial charge in [0.2, 0.25) is 0 Å². The van der Waals surface area contributed by atoms with E-state index in [4.69, 9.17) is 0 Å². The summed E-state index contributed by atoms with van der Waals surface area (Å²) in [6.07, 6.45) is 0. The first-order valence-electron chi connectivity index (χ1n) is 4.09. The molecule has 0 aliphatic carbocycles. The smallest absolute Gasteiger partial charge is 0.289 e. The molecule has 0 saturated carbocycles. The molecule has 1 aromatic rings. The summed E-state index contributed by atoms with van der Waals surface area (Å²) in [6.45, 7) is 3.82. The van der Waals surface area contributed by atoms with Gasteiger partial charge in [0.1, 0.15) is 0 Å². The van der Waals surface area contributed by atoms with Crippen LogP contribution < -0.4 is 4.06 Å². The van der Waals surface area contributed by atoms with Crippen LogP contribution in [0.3, 0.4) is 0 Å². The van der Waals surface area contributed by atoms with E-state index in [2.05, 4.69) is 0 Å². The monoisotopic (exact) mass is 264 g/mol. The van der Waals surface area contributed by atoms with Gasteiger partial charge in [-0.25, -0.2) is 0 Å². The van der Waals surface area contributed by atoms with Crippen molar-refractivity contribution in [2.75, 3.05) is 0 Å². The van der Waals surface area contributed by atoms with Gasteiger partial charge in [0.25, 0.3) is 4.06 Å². The van der Waals surface area contributed by atoms with E-state index in [-0.39, 0.29) is 20.3 Å². The van der Waals surface area contributed by atoms with Gasteiger partial charge in [-0.15, -0.1) is 23.5 Å². The second-order valence-electron chi connectivity index (χ2n) is 2.95. The maximum Gasteiger partial charge on any atom is 0.289 e. The minimum Gasteiger partial charge on any atom is -0.297 e. The van der Waals surface area contributed by atoms with Crippen molar-refractivity contribution in [3.63, 3.8) is 0 Å². The fraction of sp³-hybridized carbons (Fsp3) is 0.500. The molecule has 0 spiro atoms. The Morgan fingerprint density at radius 1 is 0.929 bits per heavy atom. The van der Waals surface area contributed by atoms with Gasteiger partial charge in [-0.2, -0.15) is 0 Å². The van der Waals surface area contributed by atoms with Crippen LogP contribution in [0.5, 0.6) is 0 Å². The third-order valence-electron chi connectivity index (χ3n) is 1.89. The number of carbonyl (C=O) groups excluding carboxylic acids is 1. The van der Waals surface area contributed by atoms with Crippen LogP contribution in [0.1, 0.15) is 13.8 Å². The van der Waals surface area contributed by atoms with Crippen LogP contribution in [0.2, 0.25) is 0 Å². The zero-order valence-corrected chi connectivity index (χ0v) is 10.9. The molecule has 0 aromatic carbocycles. The van der Waals surface area contributed by atoms with Crippen molar-refractivity contribution in [3.05, 3.63) is 8.85 Å². The van der Waals surface area contributed by atoms with Crippen LogP contribution in [0.25, 0.3) is 0 Å². The zero-order chi connectivity index (χ0) is 10.3. The Morgan fingerprint density at radius 2 is 1.36 bits per heavy atom. The molecule has 0 N–H and O–H groups in total. The first-order chi connectivity index (χ1) is 6.58. The van der Waals surface area contributed by atoms with Crippen LogP contribution in [-0.4, -0.2) is 16.3 Å². The highest BCUT2D eigenvalue weighted by Crippen LogP contribution is 2.44. The Morgan fingerprint density at radius 3 is 1.79 bits per heavy atom. The second-order valence-corrected chi connectivity index (χ2v) is 8.40. The summed E-state index contributed by atoms with van der Waals surface area (Å²) in [5, 5.41) is -0.0481. The summed E-state index contributed by atoms with van der Waals surface area (Å²) < 4.78 is 2.18. The molecule has 1 aliphatic rings. The minimum atomic E-state index is -0.0241. The van der Waals surface area contributed by atoms with Crippen molar-refractivity contribution in [2.24, 2.45) is 0 Å². The van der Waals surface area contributed by atoms with Gasteiger partial charge in [-0.1, -0.05) is 22.7 Å². The number of hydrogen-bond donors (Lipinski definition) is 0. The molecular weight excluding hydrogens is 256 g/mol. The van der Waals surface area contributed by atoms with Crippen molar-refractivity contribution in [1.29, 1.82) is 0 Å². The van der Waals surface area contributed by atoms with Gasteiger partial charge in [0, 0.05) is 0 Å². The van der Waals surface area contributed by atoms with Crippen molar-refractivity contribution in [3.8, 4) is 0 Å². The number of Topliss-reactive ketones (excluding diaryl/α,β-unsaturated/α-hetero) is 1. The van der Waals surface area contributed by atoms with Crippen LogP contribution >= 0.6 is 46.2 Å². The highest BCUT2D eigenvalue weighted by atomic mass is 32.2. The molecule has 0 saturated heterocycles. The predicted octanol–water partition coefficient (Wildman–Crippen LogP) is 2.71. The second kappa shape index (κ2) is 4.00. The fourth-order valence-electron chi connectivity index (χ4n) is 1.17. The van der Waals surface area contributed by atoms with E-state index in [0.29, 0.717) is 0 Å².